The summed E-state index contributed by atoms with van der Waals surface area (Å²) in [5.74, 6) is -1.66. The predicted octanol–water partition coefficient (Wildman–Crippen LogP) is 11.6. The zero-order valence-corrected chi connectivity index (χ0v) is 42.3. The summed E-state index contributed by atoms with van der Waals surface area (Å²) in [5.41, 5.74) is -1.82. The van der Waals surface area contributed by atoms with E-state index in [1.807, 2.05) is 69.2 Å². The van der Waals surface area contributed by atoms with Crippen molar-refractivity contribution in [3.05, 3.63) is 0 Å². The van der Waals surface area contributed by atoms with Crippen LogP contribution in [-0.2, 0) is 28.7 Å². The van der Waals surface area contributed by atoms with Gasteiger partial charge in [-0.2, -0.15) is 0 Å². The molecule has 0 fully saturated rings. The average molecular weight is 829 g/mol. The third-order valence-electron chi connectivity index (χ3n) is 11.6. The fraction of sp³-hybridized carbons (Fsp3) is 0.917. The number of amides is 2. The number of carbonyl (C=O) groups excluding carboxylic acids is 2. The molecule has 0 aliphatic rings. The first-order valence-electron chi connectivity index (χ1n) is 21.9. The molecule has 0 aliphatic heterocycles. The molecular formula is C48H96N2O8. The molecule has 10 nitrogen and oxygen atoms in total. The zero-order valence-electron chi connectivity index (χ0n) is 42.3. The molecule has 0 radical (unpaired) electrons. The number of carbonyl (C=O) groups is 4. The third kappa shape index (κ3) is 26.1. The largest absolute Gasteiger partial charge is 0.480 e. The fourth-order valence-corrected chi connectivity index (χ4v) is 5.98. The van der Waals surface area contributed by atoms with Crippen LogP contribution in [0.25, 0.3) is 0 Å². The Labute approximate surface area is 357 Å². The number of carboxylic acids is 2. The number of hydrogen-bond donors (Lipinski definition) is 4. The third-order valence-corrected chi connectivity index (χ3v) is 11.6. The van der Waals surface area contributed by atoms with Gasteiger partial charge in [0.2, 0.25) is 11.8 Å². The van der Waals surface area contributed by atoms with Crippen LogP contribution in [0, 0.1) is 44.3 Å². The average Bonchev–Trinajstić information content (AvgIpc) is 3.02. The first kappa shape index (κ1) is 60.1. The van der Waals surface area contributed by atoms with Gasteiger partial charge in [-0.15, -0.1) is 0 Å². The molecule has 2 unspecified atom stereocenters. The van der Waals surface area contributed by atoms with Gasteiger partial charge >= 0.3 is 11.9 Å². The summed E-state index contributed by atoms with van der Waals surface area (Å²) in [6, 6.07) is -2.11. The van der Waals surface area contributed by atoms with Gasteiger partial charge in [0.1, 0.15) is 0 Å². The summed E-state index contributed by atoms with van der Waals surface area (Å²) in [7, 11) is 0. The fourth-order valence-electron chi connectivity index (χ4n) is 5.98. The maximum atomic E-state index is 12.7. The van der Waals surface area contributed by atoms with Gasteiger partial charge in [-0.3, -0.25) is 9.59 Å². The highest BCUT2D eigenvalue weighted by Crippen LogP contribution is 2.38. The SMILES string of the molecule is CC.CC(C)C(C)(C)CC(C)(C)OCC(NC(=O)C(C)(C)CCC(C)(C)C)C(=O)O.CC(C)C(C)(C)CC(C)(C)OCC(NC(=O)C(C)(C)CCC(C)(C)C)C(=O)O. The van der Waals surface area contributed by atoms with E-state index in [0.717, 1.165) is 25.7 Å². The number of rotatable bonds is 22. The van der Waals surface area contributed by atoms with Crippen LogP contribution in [0.4, 0.5) is 0 Å². The van der Waals surface area contributed by atoms with Crippen LogP contribution < -0.4 is 10.6 Å². The van der Waals surface area contributed by atoms with Crippen molar-refractivity contribution in [3.8, 4) is 0 Å². The van der Waals surface area contributed by atoms with E-state index in [4.69, 9.17) is 9.47 Å². The summed E-state index contributed by atoms with van der Waals surface area (Å²) in [5, 5.41) is 24.5. The molecule has 0 aliphatic carbocycles. The van der Waals surface area contributed by atoms with Crippen molar-refractivity contribution in [2.75, 3.05) is 13.2 Å². The van der Waals surface area contributed by atoms with Gasteiger partial charge in [-0.05, 0) is 99.7 Å². The lowest BCUT2D eigenvalue weighted by molar-refractivity contribution is -0.148. The number of carboxylic acid groups (broad SMARTS) is 2. The van der Waals surface area contributed by atoms with E-state index >= 15 is 0 Å². The molecule has 4 N–H and O–H groups in total. The molecule has 0 bridgehead atoms. The number of nitrogens with one attached hydrogen (secondary N) is 2. The Bertz CT molecular complexity index is 1150. The molecule has 0 rings (SSSR count). The van der Waals surface area contributed by atoms with E-state index in [9.17, 15) is 29.4 Å². The van der Waals surface area contributed by atoms with E-state index in [1.54, 1.807) is 0 Å². The molecular weight excluding hydrogens is 733 g/mol. The van der Waals surface area contributed by atoms with Crippen LogP contribution in [0.5, 0.6) is 0 Å². The normalized spacial score (nSPS) is 14.4. The van der Waals surface area contributed by atoms with E-state index in [-0.39, 0.29) is 46.7 Å². The van der Waals surface area contributed by atoms with Crippen molar-refractivity contribution in [3.63, 3.8) is 0 Å². The highest BCUT2D eigenvalue weighted by Gasteiger charge is 2.38. The molecule has 58 heavy (non-hydrogen) atoms. The van der Waals surface area contributed by atoms with Crippen molar-refractivity contribution in [1.82, 2.24) is 10.6 Å². The minimum Gasteiger partial charge on any atom is -0.480 e. The van der Waals surface area contributed by atoms with Gasteiger partial charge in [0.25, 0.3) is 0 Å². The smallest absolute Gasteiger partial charge is 0.328 e. The monoisotopic (exact) mass is 829 g/mol. The van der Waals surface area contributed by atoms with Crippen molar-refractivity contribution >= 4 is 23.8 Å². The molecule has 0 aromatic heterocycles. The van der Waals surface area contributed by atoms with Crippen molar-refractivity contribution in [1.29, 1.82) is 0 Å². The van der Waals surface area contributed by atoms with Crippen LogP contribution in [0.1, 0.15) is 205 Å². The Hall–Kier alpha value is -2.20. The number of aliphatic carboxylic acids is 2. The Morgan fingerprint density at radius 1 is 0.466 bits per heavy atom. The van der Waals surface area contributed by atoms with Crippen molar-refractivity contribution in [2.24, 2.45) is 44.3 Å². The Kier molecular flexibility index (Phi) is 24.6. The molecule has 0 saturated carbocycles. The van der Waals surface area contributed by atoms with Crippen LogP contribution >= 0.6 is 0 Å². The Balaban J connectivity index is -0.000001000. The minimum absolute atomic E-state index is 0.0440. The molecule has 346 valence electrons. The lowest BCUT2D eigenvalue weighted by atomic mass is 9.73. The first-order chi connectivity index (χ1) is 25.6. The summed E-state index contributed by atoms with van der Waals surface area (Å²) in [6.07, 6.45) is 4.77. The number of ether oxygens (including phenoxy) is 2. The van der Waals surface area contributed by atoms with Gasteiger partial charge in [0.15, 0.2) is 12.1 Å². The zero-order chi connectivity index (χ0) is 47.1. The summed E-state index contributed by atoms with van der Waals surface area (Å²) >= 11 is 0. The molecule has 10 heteroatoms. The Morgan fingerprint density at radius 2 is 0.707 bits per heavy atom. The summed E-state index contributed by atoms with van der Waals surface area (Å²) in [6.45, 7) is 49.6. The second-order valence-corrected chi connectivity index (χ2v) is 23.4. The van der Waals surface area contributed by atoms with Crippen LogP contribution in [0.3, 0.4) is 0 Å². The van der Waals surface area contributed by atoms with Gasteiger partial charge in [-0.25, -0.2) is 9.59 Å². The second kappa shape index (κ2) is 23.7. The van der Waals surface area contributed by atoms with Crippen molar-refractivity contribution in [2.45, 2.75) is 228 Å². The van der Waals surface area contributed by atoms with Crippen LogP contribution in [0.15, 0.2) is 0 Å². The van der Waals surface area contributed by atoms with Crippen LogP contribution in [0.2, 0.25) is 0 Å². The Morgan fingerprint density at radius 3 is 0.897 bits per heavy atom. The van der Waals surface area contributed by atoms with Gasteiger partial charge < -0.3 is 30.3 Å². The van der Waals surface area contributed by atoms with Gasteiger partial charge in [0.05, 0.1) is 24.4 Å². The first-order valence-corrected chi connectivity index (χ1v) is 21.9. The van der Waals surface area contributed by atoms with E-state index in [0.29, 0.717) is 24.7 Å². The molecule has 0 aromatic rings. The van der Waals surface area contributed by atoms with E-state index < -0.39 is 46.1 Å². The second-order valence-electron chi connectivity index (χ2n) is 23.4. The van der Waals surface area contributed by atoms with Gasteiger partial charge in [0, 0.05) is 10.8 Å². The summed E-state index contributed by atoms with van der Waals surface area (Å²) in [4.78, 5) is 48.8. The molecule has 0 saturated heterocycles. The van der Waals surface area contributed by atoms with E-state index in [2.05, 4.69) is 108 Å². The lowest BCUT2D eigenvalue weighted by Gasteiger charge is -2.38. The lowest BCUT2D eigenvalue weighted by Crippen LogP contribution is -2.50. The topological polar surface area (TPSA) is 151 Å². The molecule has 0 spiro atoms. The van der Waals surface area contributed by atoms with Gasteiger partial charge in [-0.1, -0.05) is 138 Å². The molecule has 2 amide bonds. The molecule has 0 heterocycles. The van der Waals surface area contributed by atoms with Crippen molar-refractivity contribution < 1.29 is 38.9 Å². The predicted molar refractivity (Wildman–Crippen MR) is 242 cm³/mol. The summed E-state index contributed by atoms with van der Waals surface area (Å²) < 4.78 is 11.9. The quantitative estimate of drug-likeness (QED) is 0.0842. The highest BCUT2D eigenvalue weighted by molar-refractivity contribution is 5.87. The highest BCUT2D eigenvalue weighted by atomic mass is 16.5. The minimum atomic E-state index is -1.07. The number of hydrogen-bond acceptors (Lipinski definition) is 6. The standard InChI is InChI=1S/2C23H45NO4.C2H6/c2*1-16(2)22(8,9)15-23(10,11)28-14-17(18(25)26)24-19(27)21(6,7)13-12-20(3,4)5;1-2/h2*16-17H,12-15H2,1-11H3,(H,24,27)(H,25,26);1-2H3. The molecule has 0 aromatic carbocycles. The van der Waals surface area contributed by atoms with E-state index in [1.165, 1.54) is 0 Å². The maximum absolute atomic E-state index is 12.7. The molecule has 2 atom stereocenters. The maximum Gasteiger partial charge on any atom is 0.328 e. The van der Waals surface area contributed by atoms with Crippen LogP contribution in [-0.4, -0.2) is 70.5 Å².